The minimum atomic E-state index is -0.903. The maximum atomic E-state index is 13.0. The molecule has 0 fully saturated rings. The van der Waals surface area contributed by atoms with E-state index in [1.54, 1.807) is 26.0 Å². The van der Waals surface area contributed by atoms with Gasteiger partial charge >= 0.3 is 5.97 Å². The lowest BCUT2D eigenvalue weighted by Gasteiger charge is -2.23. The second kappa shape index (κ2) is 5.14. The van der Waals surface area contributed by atoms with Crippen LogP contribution in [0.25, 0.3) is 0 Å². The van der Waals surface area contributed by atoms with Gasteiger partial charge in [0.2, 0.25) is 0 Å². The van der Waals surface area contributed by atoms with Crippen LogP contribution in [0.2, 0.25) is 0 Å². The average molecular weight is 304 g/mol. The Labute approximate surface area is 108 Å². The second-order valence-electron chi connectivity index (χ2n) is 4.67. The van der Waals surface area contributed by atoms with Crippen molar-refractivity contribution in [2.75, 3.05) is 0 Å². The van der Waals surface area contributed by atoms with E-state index in [0.29, 0.717) is 16.5 Å². The first-order chi connectivity index (χ1) is 7.74. The number of nitrogens with two attached hydrogens (primary N) is 1. The molecule has 0 aromatic heterocycles. The van der Waals surface area contributed by atoms with Crippen LogP contribution in [0.3, 0.4) is 0 Å². The Morgan fingerprint density at radius 1 is 1.59 bits per heavy atom. The number of carboxylic acids is 1. The lowest BCUT2D eigenvalue weighted by molar-refractivity contribution is -0.147. The van der Waals surface area contributed by atoms with Crippen molar-refractivity contribution in [3.63, 3.8) is 0 Å². The molecule has 0 heterocycles. The van der Waals surface area contributed by atoms with Gasteiger partial charge in [-0.25, -0.2) is 4.39 Å². The largest absolute Gasteiger partial charge is 0.481 e. The summed E-state index contributed by atoms with van der Waals surface area (Å²) in [5, 5.41) is 9.01. The Morgan fingerprint density at radius 3 is 2.65 bits per heavy atom. The lowest BCUT2D eigenvalue weighted by atomic mass is 9.84. The third-order valence-electron chi connectivity index (χ3n) is 2.68. The standard InChI is InChI=1S/C12H15BrFNO2/c1-12(2,11(16)17)6-10(15)7-3-4-9(14)8(13)5-7/h3-5,10H,6,15H2,1-2H3,(H,16,17). The highest BCUT2D eigenvalue weighted by Crippen LogP contribution is 2.30. The van der Waals surface area contributed by atoms with Gasteiger partial charge in [-0.3, -0.25) is 4.79 Å². The third kappa shape index (κ3) is 3.51. The molecule has 0 aliphatic heterocycles. The molecule has 3 N–H and O–H groups in total. The molecule has 1 unspecified atom stereocenters. The van der Waals surface area contributed by atoms with Crippen LogP contribution in [0.4, 0.5) is 4.39 Å². The highest BCUT2D eigenvalue weighted by molar-refractivity contribution is 9.10. The van der Waals surface area contributed by atoms with Gasteiger partial charge in [-0.1, -0.05) is 6.07 Å². The topological polar surface area (TPSA) is 63.3 Å². The monoisotopic (exact) mass is 303 g/mol. The van der Waals surface area contributed by atoms with Gasteiger partial charge in [0.05, 0.1) is 9.89 Å². The van der Waals surface area contributed by atoms with Gasteiger partial charge in [0.25, 0.3) is 0 Å². The van der Waals surface area contributed by atoms with Crippen LogP contribution in [-0.2, 0) is 4.79 Å². The molecule has 1 rings (SSSR count). The molecule has 0 saturated heterocycles. The molecule has 1 atom stereocenters. The molecule has 0 aliphatic carbocycles. The molecule has 0 spiro atoms. The van der Waals surface area contributed by atoms with E-state index < -0.39 is 17.4 Å². The Balaban J connectivity index is 2.87. The lowest BCUT2D eigenvalue weighted by Crippen LogP contribution is -2.28. The first-order valence-electron chi connectivity index (χ1n) is 5.18. The molecule has 3 nitrogen and oxygen atoms in total. The molecule has 0 bridgehead atoms. The summed E-state index contributed by atoms with van der Waals surface area (Å²) < 4.78 is 13.4. The number of benzene rings is 1. The number of carbonyl (C=O) groups is 1. The van der Waals surface area contributed by atoms with Crippen molar-refractivity contribution in [2.24, 2.45) is 11.1 Å². The van der Waals surface area contributed by atoms with E-state index >= 15 is 0 Å². The van der Waals surface area contributed by atoms with Crippen LogP contribution in [0, 0.1) is 11.2 Å². The molecule has 5 heteroatoms. The third-order valence-corrected chi connectivity index (χ3v) is 3.29. The Bertz CT molecular complexity index is 435. The molecule has 0 radical (unpaired) electrons. The predicted octanol–water partition coefficient (Wildman–Crippen LogP) is 3.09. The van der Waals surface area contributed by atoms with E-state index in [1.165, 1.54) is 6.07 Å². The summed E-state index contributed by atoms with van der Waals surface area (Å²) in [6, 6.07) is 4.03. The van der Waals surface area contributed by atoms with Crippen LogP contribution in [0.15, 0.2) is 22.7 Å². The number of rotatable bonds is 4. The normalized spacial score (nSPS) is 13.5. The van der Waals surface area contributed by atoms with Gasteiger partial charge in [0.15, 0.2) is 0 Å². The van der Waals surface area contributed by atoms with Crippen LogP contribution in [0.5, 0.6) is 0 Å². The van der Waals surface area contributed by atoms with Gasteiger partial charge in [-0.05, 0) is 53.9 Å². The summed E-state index contributed by atoms with van der Waals surface area (Å²) in [4.78, 5) is 11.0. The van der Waals surface area contributed by atoms with Gasteiger partial charge in [0, 0.05) is 6.04 Å². The smallest absolute Gasteiger partial charge is 0.309 e. The number of aliphatic carboxylic acids is 1. The number of hydrogen-bond acceptors (Lipinski definition) is 2. The van der Waals surface area contributed by atoms with Crippen molar-refractivity contribution in [1.82, 2.24) is 0 Å². The van der Waals surface area contributed by atoms with Gasteiger partial charge < -0.3 is 10.8 Å². The Kier molecular flexibility index (Phi) is 4.27. The molecule has 1 aromatic carbocycles. The predicted molar refractivity (Wildman–Crippen MR) is 67.1 cm³/mol. The number of hydrogen-bond donors (Lipinski definition) is 2. The fourth-order valence-electron chi connectivity index (χ4n) is 1.50. The van der Waals surface area contributed by atoms with Crippen LogP contribution >= 0.6 is 15.9 Å². The Hall–Kier alpha value is -0.940. The molecule has 0 saturated carbocycles. The summed E-state index contributed by atoms with van der Waals surface area (Å²) in [5.74, 6) is -1.26. The van der Waals surface area contributed by atoms with Gasteiger partial charge in [0.1, 0.15) is 5.82 Å². The minimum Gasteiger partial charge on any atom is -0.481 e. The van der Waals surface area contributed by atoms with Gasteiger partial charge in [-0.15, -0.1) is 0 Å². The van der Waals surface area contributed by atoms with E-state index in [0.717, 1.165) is 0 Å². The van der Waals surface area contributed by atoms with Crippen LogP contribution in [-0.4, -0.2) is 11.1 Å². The molecular formula is C12H15BrFNO2. The minimum absolute atomic E-state index is 0.292. The van der Waals surface area contributed by atoms with Crippen molar-refractivity contribution in [3.8, 4) is 0 Å². The van der Waals surface area contributed by atoms with Crippen LogP contribution < -0.4 is 5.73 Å². The van der Waals surface area contributed by atoms with E-state index in [1.807, 2.05) is 0 Å². The zero-order valence-corrected chi connectivity index (χ0v) is 11.3. The molecule has 0 aliphatic rings. The van der Waals surface area contributed by atoms with E-state index in [2.05, 4.69) is 15.9 Å². The van der Waals surface area contributed by atoms with E-state index in [9.17, 15) is 9.18 Å². The summed E-state index contributed by atoms with van der Waals surface area (Å²) >= 11 is 3.08. The summed E-state index contributed by atoms with van der Waals surface area (Å²) in [6.07, 6.45) is 0.292. The fraction of sp³-hybridized carbons (Fsp3) is 0.417. The Morgan fingerprint density at radius 2 is 2.18 bits per heavy atom. The molecule has 94 valence electrons. The number of carboxylic acid groups (broad SMARTS) is 1. The van der Waals surface area contributed by atoms with Gasteiger partial charge in [-0.2, -0.15) is 0 Å². The fourth-order valence-corrected chi connectivity index (χ4v) is 1.89. The van der Waals surface area contributed by atoms with E-state index in [4.69, 9.17) is 10.8 Å². The van der Waals surface area contributed by atoms with Crippen molar-refractivity contribution < 1.29 is 14.3 Å². The SMILES string of the molecule is CC(C)(CC(N)c1ccc(F)c(Br)c1)C(=O)O. The first-order valence-corrected chi connectivity index (χ1v) is 5.97. The zero-order valence-electron chi connectivity index (χ0n) is 9.71. The van der Waals surface area contributed by atoms with Crippen molar-refractivity contribution in [1.29, 1.82) is 0 Å². The van der Waals surface area contributed by atoms with Crippen LogP contribution in [0.1, 0.15) is 31.9 Å². The molecule has 1 aromatic rings. The van der Waals surface area contributed by atoms with E-state index in [-0.39, 0.29) is 5.82 Å². The summed E-state index contributed by atoms with van der Waals surface area (Å²) in [5.41, 5.74) is 5.74. The maximum absolute atomic E-state index is 13.0. The molecule has 0 amide bonds. The summed E-state index contributed by atoms with van der Waals surface area (Å²) in [6.45, 7) is 3.24. The average Bonchev–Trinajstić information content (AvgIpc) is 2.21. The highest BCUT2D eigenvalue weighted by Gasteiger charge is 2.30. The summed E-state index contributed by atoms with van der Waals surface area (Å²) in [7, 11) is 0. The van der Waals surface area contributed by atoms with Crippen molar-refractivity contribution in [3.05, 3.63) is 34.1 Å². The zero-order chi connectivity index (χ0) is 13.2. The molecule has 17 heavy (non-hydrogen) atoms. The quantitative estimate of drug-likeness (QED) is 0.898. The molecular weight excluding hydrogens is 289 g/mol. The highest BCUT2D eigenvalue weighted by atomic mass is 79.9. The van der Waals surface area contributed by atoms with Crippen molar-refractivity contribution >= 4 is 21.9 Å². The maximum Gasteiger partial charge on any atom is 0.309 e. The second-order valence-corrected chi connectivity index (χ2v) is 5.53. The van der Waals surface area contributed by atoms with Crippen molar-refractivity contribution in [2.45, 2.75) is 26.3 Å². The first kappa shape index (κ1) is 14.1. The number of halogens is 2.